The van der Waals surface area contributed by atoms with Crippen LogP contribution in [0.3, 0.4) is 0 Å². The van der Waals surface area contributed by atoms with Crippen LogP contribution in [0.2, 0.25) is 0 Å². The molecule has 1 aliphatic rings. The molecule has 96 valence electrons. The smallest absolute Gasteiger partial charge is 0.245 e. The van der Waals surface area contributed by atoms with Gasteiger partial charge in [-0.1, -0.05) is 24.4 Å². The summed E-state index contributed by atoms with van der Waals surface area (Å²) in [6.45, 7) is -0.262. The third-order valence-corrected chi connectivity index (χ3v) is 4.39. The zero-order valence-corrected chi connectivity index (χ0v) is 10.9. The molecule has 18 heavy (non-hydrogen) atoms. The number of hydrogen-bond donors (Lipinski definition) is 2. The molecular formula is C10H11N3O3S2. The molecule has 0 unspecified atom stereocenters. The molecule has 0 saturated carbocycles. The minimum Gasteiger partial charge on any atom is -0.392 e. The summed E-state index contributed by atoms with van der Waals surface area (Å²) in [5.41, 5.74) is 6.15. The summed E-state index contributed by atoms with van der Waals surface area (Å²) in [7, 11) is -3.72. The van der Waals surface area contributed by atoms with Gasteiger partial charge in [0.2, 0.25) is 15.9 Å². The van der Waals surface area contributed by atoms with E-state index >= 15 is 0 Å². The molecule has 1 aliphatic heterocycles. The molecule has 0 fully saturated rings. The highest BCUT2D eigenvalue weighted by Crippen LogP contribution is 2.30. The molecule has 0 aliphatic carbocycles. The fourth-order valence-electron chi connectivity index (χ4n) is 1.71. The second-order valence-electron chi connectivity index (χ2n) is 3.79. The summed E-state index contributed by atoms with van der Waals surface area (Å²) in [4.78, 5) is 11.4. The lowest BCUT2D eigenvalue weighted by atomic mass is 10.2. The van der Waals surface area contributed by atoms with E-state index in [9.17, 15) is 13.2 Å². The van der Waals surface area contributed by atoms with Gasteiger partial charge < -0.3 is 11.1 Å². The average molecular weight is 285 g/mol. The van der Waals surface area contributed by atoms with Gasteiger partial charge >= 0.3 is 0 Å². The largest absolute Gasteiger partial charge is 0.392 e. The van der Waals surface area contributed by atoms with Crippen LogP contribution in [-0.2, 0) is 14.8 Å². The molecule has 1 amide bonds. The molecule has 0 saturated heterocycles. The van der Waals surface area contributed by atoms with Crippen LogP contribution in [0.25, 0.3) is 0 Å². The first-order valence-electron chi connectivity index (χ1n) is 5.08. The van der Waals surface area contributed by atoms with Gasteiger partial charge in [0, 0.05) is 0 Å². The Morgan fingerprint density at radius 1 is 1.44 bits per heavy atom. The molecule has 6 nitrogen and oxygen atoms in total. The monoisotopic (exact) mass is 285 g/mol. The van der Waals surface area contributed by atoms with Gasteiger partial charge in [0.25, 0.3) is 0 Å². The van der Waals surface area contributed by atoms with E-state index in [4.69, 9.17) is 5.73 Å². The van der Waals surface area contributed by atoms with Crippen molar-refractivity contribution in [3.63, 3.8) is 0 Å². The van der Waals surface area contributed by atoms with Gasteiger partial charge in [-0.05, 0) is 12.1 Å². The number of thiocarbonyl (C=S) groups is 1. The van der Waals surface area contributed by atoms with Crippen molar-refractivity contribution in [2.24, 2.45) is 5.73 Å². The van der Waals surface area contributed by atoms with Gasteiger partial charge in [-0.3, -0.25) is 9.10 Å². The lowest BCUT2D eigenvalue weighted by Crippen LogP contribution is -2.44. The fourth-order valence-corrected chi connectivity index (χ4v) is 3.44. The molecule has 1 aromatic carbocycles. The topological polar surface area (TPSA) is 92.5 Å². The van der Waals surface area contributed by atoms with Crippen molar-refractivity contribution >= 4 is 44.5 Å². The maximum absolute atomic E-state index is 12.1. The molecule has 0 radical (unpaired) electrons. The van der Waals surface area contributed by atoms with E-state index in [2.05, 4.69) is 17.5 Å². The summed E-state index contributed by atoms with van der Waals surface area (Å²) in [6, 6.07) is 6.66. The fraction of sp³-hybridized carbons (Fsp3) is 0.200. The normalized spacial score (nSPS) is 14.9. The Kier molecular flexibility index (Phi) is 3.22. The zero-order chi connectivity index (χ0) is 13.3. The van der Waals surface area contributed by atoms with E-state index in [1.54, 1.807) is 24.3 Å². The molecule has 1 heterocycles. The summed E-state index contributed by atoms with van der Waals surface area (Å²) in [6.07, 6.45) is 0. The predicted octanol–water partition coefficient (Wildman–Crippen LogP) is 0.0610. The number of nitrogens with one attached hydrogen (secondary N) is 1. The summed E-state index contributed by atoms with van der Waals surface area (Å²) >= 11 is 4.61. The number of amides is 1. The minimum absolute atomic E-state index is 0.126. The quantitative estimate of drug-likeness (QED) is 0.766. The molecule has 2 rings (SSSR count). The Balaban J connectivity index is 2.46. The van der Waals surface area contributed by atoms with Gasteiger partial charge in [0.15, 0.2) is 0 Å². The van der Waals surface area contributed by atoms with Crippen LogP contribution in [0.5, 0.6) is 0 Å². The molecule has 1 aromatic rings. The predicted molar refractivity (Wildman–Crippen MR) is 73.0 cm³/mol. The summed E-state index contributed by atoms with van der Waals surface area (Å²) in [5, 5.41) is 2.61. The Labute approximate surface area is 110 Å². The number of hydrogen-bond acceptors (Lipinski definition) is 4. The second-order valence-corrected chi connectivity index (χ2v) is 6.21. The third kappa shape index (κ3) is 2.44. The van der Waals surface area contributed by atoms with Crippen molar-refractivity contribution in [2.45, 2.75) is 0 Å². The van der Waals surface area contributed by atoms with Gasteiger partial charge in [0.05, 0.1) is 16.4 Å². The van der Waals surface area contributed by atoms with Gasteiger partial charge in [-0.25, -0.2) is 8.42 Å². The Morgan fingerprint density at radius 2 is 2.11 bits per heavy atom. The standard InChI is InChI=1S/C10H11N3O3S2/c11-9(17)6-18(15,16)13-5-10(14)12-7-3-1-2-4-8(7)13/h1-4H,5-6H2,(H2,11,17)(H,12,14). The SMILES string of the molecule is NC(=S)CS(=O)(=O)N1CC(=O)Nc2ccccc21. The maximum atomic E-state index is 12.1. The number of carbonyl (C=O) groups is 1. The molecule has 0 aromatic heterocycles. The maximum Gasteiger partial charge on any atom is 0.245 e. The molecule has 0 spiro atoms. The van der Waals surface area contributed by atoms with E-state index in [-0.39, 0.29) is 17.4 Å². The number of sulfonamides is 1. The Bertz CT molecular complexity index is 613. The lowest BCUT2D eigenvalue weighted by Gasteiger charge is -2.29. The number of fused-ring (bicyclic) bond motifs is 1. The highest BCUT2D eigenvalue weighted by molar-refractivity contribution is 7.95. The first-order valence-corrected chi connectivity index (χ1v) is 7.09. The van der Waals surface area contributed by atoms with E-state index in [0.29, 0.717) is 11.4 Å². The number of nitrogens with zero attached hydrogens (tertiary/aromatic N) is 1. The molecule has 0 bridgehead atoms. The average Bonchev–Trinajstić information content (AvgIpc) is 2.26. The van der Waals surface area contributed by atoms with Crippen LogP contribution >= 0.6 is 12.2 Å². The zero-order valence-electron chi connectivity index (χ0n) is 9.29. The van der Waals surface area contributed by atoms with Crippen LogP contribution in [0.15, 0.2) is 24.3 Å². The third-order valence-electron chi connectivity index (χ3n) is 2.39. The molecule has 0 atom stereocenters. The van der Waals surface area contributed by atoms with E-state index in [1.807, 2.05) is 0 Å². The van der Waals surface area contributed by atoms with Crippen molar-refractivity contribution in [1.82, 2.24) is 0 Å². The van der Waals surface area contributed by atoms with Crippen molar-refractivity contribution in [2.75, 3.05) is 21.9 Å². The van der Waals surface area contributed by atoms with Crippen molar-refractivity contribution in [3.05, 3.63) is 24.3 Å². The summed E-state index contributed by atoms with van der Waals surface area (Å²) in [5.74, 6) is -0.843. The van der Waals surface area contributed by atoms with Crippen LogP contribution in [-0.4, -0.2) is 31.6 Å². The summed E-state index contributed by atoms with van der Waals surface area (Å²) < 4.78 is 25.2. The molecule has 8 heteroatoms. The van der Waals surface area contributed by atoms with Crippen molar-refractivity contribution in [1.29, 1.82) is 0 Å². The van der Waals surface area contributed by atoms with Gasteiger partial charge in [-0.2, -0.15) is 0 Å². The van der Waals surface area contributed by atoms with Crippen LogP contribution in [0, 0.1) is 0 Å². The highest BCUT2D eigenvalue weighted by Gasteiger charge is 2.31. The van der Waals surface area contributed by atoms with E-state index in [1.165, 1.54) is 0 Å². The van der Waals surface area contributed by atoms with Crippen LogP contribution in [0.4, 0.5) is 11.4 Å². The highest BCUT2D eigenvalue weighted by atomic mass is 32.2. The lowest BCUT2D eigenvalue weighted by molar-refractivity contribution is -0.115. The van der Waals surface area contributed by atoms with Crippen molar-refractivity contribution in [3.8, 4) is 0 Å². The number of carbonyl (C=O) groups excluding carboxylic acids is 1. The number of benzene rings is 1. The van der Waals surface area contributed by atoms with E-state index in [0.717, 1.165) is 4.31 Å². The number of rotatable bonds is 3. The number of nitrogens with two attached hydrogens (primary N) is 1. The first kappa shape index (κ1) is 12.8. The first-order chi connectivity index (χ1) is 8.40. The molecular weight excluding hydrogens is 274 g/mol. The van der Waals surface area contributed by atoms with Crippen molar-refractivity contribution < 1.29 is 13.2 Å². The second kappa shape index (κ2) is 4.54. The molecule has 3 N–H and O–H groups in total. The van der Waals surface area contributed by atoms with Crippen LogP contribution in [0.1, 0.15) is 0 Å². The van der Waals surface area contributed by atoms with Gasteiger partial charge in [-0.15, -0.1) is 0 Å². The minimum atomic E-state index is -3.72. The Morgan fingerprint density at radius 3 is 2.78 bits per heavy atom. The Hall–Kier alpha value is -1.67. The van der Waals surface area contributed by atoms with Crippen LogP contribution < -0.4 is 15.4 Å². The van der Waals surface area contributed by atoms with E-state index < -0.39 is 15.8 Å². The number of anilines is 2. The number of para-hydroxylation sites is 2. The van der Waals surface area contributed by atoms with Gasteiger partial charge in [0.1, 0.15) is 12.3 Å².